The van der Waals surface area contributed by atoms with Crippen LogP contribution in [0.5, 0.6) is 0 Å². The first-order valence-corrected chi connectivity index (χ1v) is 11.6. The van der Waals surface area contributed by atoms with Crippen LogP contribution in [0.1, 0.15) is 36.2 Å². The van der Waals surface area contributed by atoms with Crippen LogP contribution in [0.2, 0.25) is 0 Å². The van der Waals surface area contributed by atoms with Crippen LogP contribution >= 0.6 is 0 Å². The number of fused-ring (bicyclic) bond motifs is 3. The van der Waals surface area contributed by atoms with E-state index in [4.69, 9.17) is 9.72 Å². The summed E-state index contributed by atoms with van der Waals surface area (Å²) in [4.78, 5) is 33.5. The summed E-state index contributed by atoms with van der Waals surface area (Å²) in [5.41, 5.74) is 4.39. The van der Waals surface area contributed by atoms with Gasteiger partial charge in [-0.15, -0.1) is 0 Å². The summed E-state index contributed by atoms with van der Waals surface area (Å²) in [5.74, 6) is -0.826. The number of carbonyl (C=O) groups is 2. The van der Waals surface area contributed by atoms with Crippen molar-refractivity contribution < 1.29 is 19.4 Å². The Bertz CT molecular complexity index is 1190. The number of ether oxygens (including phenoxy) is 1. The monoisotopic (exact) mass is 464 g/mol. The highest BCUT2D eigenvalue weighted by atomic mass is 16.5. The van der Waals surface area contributed by atoms with Crippen molar-refractivity contribution >= 4 is 28.8 Å². The van der Waals surface area contributed by atoms with E-state index in [0.717, 1.165) is 53.1 Å². The van der Waals surface area contributed by atoms with E-state index >= 15 is 0 Å². The molecule has 2 atom stereocenters. The predicted molar refractivity (Wildman–Crippen MR) is 131 cm³/mol. The van der Waals surface area contributed by atoms with Crippen molar-refractivity contribution in [2.45, 2.75) is 44.7 Å². The number of aryl methyl sites for hydroxylation is 1. The second-order valence-electron chi connectivity index (χ2n) is 9.15. The number of likely N-dealkylation sites (N-methyl/N-ethyl adjacent to an activating group) is 1. The molecule has 0 saturated heterocycles. The standard InChI is InChI=1S/C26H32N4O4/c1-17-10-11-19-21(30(17)26(33)34-4)12-13-22-24(19)27-23(29(22)15-14-28(2)3)16-20(25(31)32)18-8-6-5-7-9-18/h5-9,12-13,17,20H,10-11,14-16H2,1-4H3,(H,31,32)/t17-,20?/m0/s1. The van der Waals surface area contributed by atoms with E-state index < -0.39 is 11.9 Å². The highest BCUT2D eigenvalue weighted by Crippen LogP contribution is 2.37. The van der Waals surface area contributed by atoms with Gasteiger partial charge in [0.25, 0.3) is 0 Å². The van der Waals surface area contributed by atoms with E-state index in [1.54, 1.807) is 4.90 Å². The summed E-state index contributed by atoms with van der Waals surface area (Å²) in [6.45, 7) is 3.50. The number of anilines is 1. The number of nitrogens with zero attached hydrogens (tertiary/aromatic N) is 4. The molecule has 8 nitrogen and oxygen atoms in total. The van der Waals surface area contributed by atoms with Gasteiger partial charge in [0, 0.05) is 31.1 Å². The van der Waals surface area contributed by atoms with Crippen molar-refractivity contribution in [1.82, 2.24) is 14.5 Å². The number of carboxylic acids is 1. The molecule has 0 fully saturated rings. The smallest absolute Gasteiger partial charge is 0.414 e. The first-order valence-electron chi connectivity index (χ1n) is 11.6. The lowest BCUT2D eigenvalue weighted by molar-refractivity contribution is -0.138. The van der Waals surface area contributed by atoms with Crippen LogP contribution in [0.25, 0.3) is 11.0 Å². The first kappa shape index (κ1) is 23.8. The number of hydrogen-bond acceptors (Lipinski definition) is 5. The van der Waals surface area contributed by atoms with E-state index in [9.17, 15) is 14.7 Å². The average Bonchev–Trinajstić information content (AvgIpc) is 3.18. The SMILES string of the molecule is COC(=O)N1c2ccc3c(nc(CC(C(=O)O)c4ccccc4)n3CCN(C)C)c2CC[C@@H]1C. The number of aromatic nitrogens is 2. The average molecular weight is 465 g/mol. The second kappa shape index (κ2) is 9.85. The van der Waals surface area contributed by atoms with Crippen LogP contribution in [-0.2, 0) is 28.9 Å². The largest absolute Gasteiger partial charge is 0.481 e. The lowest BCUT2D eigenvalue weighted by Gasteiger charge is -2.34. The Morgan fingerprint density at radius 2 is 1.94 bits per heavy atom. The zero-order chi connectivity index (χ0) is 24.4. The van der Waals surface area contributed by atoms with Gasteiger partial charge in [-0.05, 0) is 51.6 Å². The maximum absolute atomic E-state index is 12.5. The van der Waals surface area contributed by atoms with Crippen molar-refractivity contribution in [2.75, 3.05) is 32.6 Å². The fraction of sp³-hybridized carbons (Fsp3) is 0.423. The lowest BCUT2D eigenvalue weighted by Crippen LogP contribution is -2.42. The summed E-state index contributed by atoms with van der Waals surface area (Å²) in [6.07, 6.45) is 1.51. The molecule has 180 valence electrons. The summed E-state index contributed by atoms with van der Waals surface area (Å²) in [7, 11) is 5.42. The zero-order valence-electron chi connectivity index (χ0n) is 20.2. The van der Waals surface area contributed by atoms with E-state index in [0.29, 0.717) is 6.54 Å². The maximum Gasteiger partial charge on any atom is 0.414 e. The number of methoxy groups -OCH3 is 1. The normalized spacial score (nSPS) is 16.5. The van der Waals surface area contributed by atoms with Gasteiger partial charge in [-0.25, -0.2) is 9.78 Å². The molecular formula is C26H32N4O4. The van der Waals surface area contributed by atoms with Crippen LogP contribution in [0, 0.1) is 0 Å². The van der Waals surface area contributed by atoms with Crippen molar-refractivity contribution in [2.24, 2.45) is 0 Å². The topological polar surface area (TPSA) is 87.9 Å². The third-order valence-corrected chi connectivity index (χ3v) is 6.62. The Morgan fingerprint density at radius 3 is 2.59 bits per heavy atom. The second-order valence-corrected chi connectivity index (χ2v) is 9.15. The molecule has 3 aromatic rings. The van der Waals surface area contributed by atoms with Gasteiger partial charge in [-0.1, -0.05) is 30.3 Å². The Hall–Kier alpha value is -3.39. The summed E-state index contributed by atoms with van der Waals surface area (Å²) in [5, 5.41) is 10.0. The molecule has 1 amide bonds. The molecule has 1 aliphatic heterocycles. The summed E-state index contributed by atoms with van der Waals surface area (Å²) >= 11 is 0. The fourth-order valence-electron chi connectivity index (χ4n) is 4.77. The fourth-order valence-corrected chi connectivity index (χ4v) is 4.77. The minimum Gasteiger partial charge on any atom is -0.481 e. The molecule has 1 aromatic heterocycles. The Labute approximate surface area is 199 Å². The molecule has 1 unspecified atom stereocenters. The lowest BCUT2D eigenvalue weighted by atomic mass is 9.95. The van der Waals surface area contributed by atoms with Crippen LogP contribution < -0.4 is 4.90 Å². The maximum atomic E-state index is 12.5. The molecule has 34 heavy (non-hydrogen) atoms. The molecule has 0 radical (unpaired) electrons. The van der Waals surface area contributed by atoms with Gasteiger partial charge in [0.1, 0.15) is 5.82 Å². The predicted octanol–water partition coefficient (Wildman–Crippen LogP) is 3.92. The highest BCUT2D eigenvalue weighted by molar-refractivity contribution is 5.95. The molecule has 1 N–H and O–H groups in total. The molecule has 1 aliphatic rings. The van der Waals surface area contributed by atoms with Gasteiger partial charge in [0.15, 0.2) is 0 Å². The first-order chi connectivity index (χ1) is 16.3. The zero-order valence-corrected chi connectivity index (χ0v) is 20.2. The third-order valence-electron chi connectivity index (χ3n) is 6.62. The molecule has 0 saturated carbocycles. The minimum absolute atomic E-state index is 0.0298. The quantitative estimate of drug-likeness (QED) is 0.570. The van der Waals surface area contributed by atoms with Gasteiger partial charge in [0.05, 0.1) is 29.7 Å². The number of amides is 1. The molecule has 4 rings (SSSR count). The number of carboxylic acid groups (broad SMARTS) is 1. The Kier molecular flexibility index (Phi) is 6.88. The van der Waals surface area contributed by atoms with Gasteiger partial charge < -0.3 is 19.3 Å². The molecular weight excluding hydrogens is 432 g/mol. The van der Waals surface area contributed by atoms with Crippen molar-refractivity contribution in [1.29, 1.82) is 0 Å². The van der Waals surface area contributed by atoms with Crippen LogP contribution in [0.4, 0.5) is 10.5 Å². The van der Waals surface area contributed by atoms with Crippen LogP contribution in [-0.4, -0.2) is 65.4 Å². The minimum atomic E-state index is -0.870. The van der Waals surface area contributed by atoms with Crippen LogP contribution in [0.3, 0.4) is 0 Å². The Morgan fingerprint density at radius 1 is 1.21 bits per heavy atom. The molecule has 8 heteroatoms. The molecule has 0 aliphatic carbocycles. The van der Waals surface area contributed by atoms with Crippen molar-refractivity contribution in [3.8, 4) is 0 Å². The van der Waals surface area contributed by atoms with E-state index in [2.05, 4.69) is 9.47 Å². The van der Waals surface area contributed by atoms with E-state index in [1.807, 2.05) is 63.5 Å². The van der Waals surface area contributed by atoms with Crippen LogP contribution in [0.15, 0.2) is 42.5 Å². The van der Waals surface area contributed by atoms with E-state index in [-0.39, 0.29) is 18.6 Å². The number of hydrogen-bond donors (Lipinski definition) is 1. The number of aliphatic carboxylic acids is 1. The molecule has 0 bridgehead atoms. The highest BCUT2D eigenvalue weighted by Gasteiger charge is 2.32. The Balaban J connectivity index is 1.83. The van der Waals surface area contributed by atoms with Gasteiger partial charge >= 0.3 is 12.1 Å². The molecule has 0 spiro atoms. The van der Waals surface area contributed by atoms with E-state index in [1.165, 1.54) is 7.11 Å². The number of carbonyl (C=O) groups excluding carboxylic acids is 1. The number of benzene rings is 2. The summed E-state index contributed by atoms with van der Waals surface area (Å²) < 4.78 is 7.18. The molecule has 2 aromatic carbocycles. The van der Waals surface area contributed by atoms with Gasteiger partial charge in [-0.2, -0.15) is 0 Å². The number of rotatable bonds is 7. The summed E-state index contributed by atoms with van der Waals surface area (Å²) in [6, 6.07) is 13.3. The van der Waals surface area contributed by atoms with Gasteiger partial charge in [0.2, 0.25) is 0 Å². The van der Waals surface area contributed by atoms with Crippen molar-refractivity contribution in [3.05, 3.63) is 59.4 Å². The molecule has 2 heterocycles. The van der Waals surface area contributed by atoms with Gasteiger partial charge in [-0.3, -0.25) is 9.69 Å². The number of imidazole rings is 1. The van der Waals surface area contributed by atoms with Crippen molar-refractivity contribution in [3.63, 3.8) is 0 Å². The third kappa shape index (κ3) is 4.50.